The van der Waals surface area contributed by atoms with Gasteiger partial charge in [-0.15, -0.1) is 5.10 Å². The molecule has 0 atom stereocenters. The summed E-state index contributed by atoms with van der Waals surface area (Å²) in [5, 5.41) is 15.2. The van der Waals surface area contributed by atoms with Gasteiger partial charge in [-0.25, -0.2) is 4.85 Å². The molecule has 436 valence electrons. The lowest BCUT2D eigenvalue weighted by Gasteiger charge is -2.30. The van der Waals surface area contributed by atoms with Crippen LogP contribution in [-0.2, 0) is 30.0 Å². The molecular formula is C63H66Cl3N10O8+. The number of halogens is 3. The van der Waals surface area contributed by atoms with Crippen LogP contribution >= 0.6 is 34.8 Å². The van der Waals surface area contributed by atoms with Gasteiger partial charge in [0.1, 0.15) is 46.9 Å². The highest BCUT2D eigenvalue weighted by atomic mass is 35.5. The summed E-state index contributed by atoms with van der Waals surface area (Å²) in [6.07, 6.45) is 9.03. The van der Waals surface area contributed by atoms with Gasteiger partial charge in [0.15, 0.2) is 6.61 Å². The minimum absolute atomic E-state index is 0.00977. The summed E-state index contributed by atoms with van der Waals surface area (Å²) in [5.74, 6) is -0.546. The van der Waals surface area contributed by atoms with Crippen LogP contribution in [0.4, 0.5) is 17.1 Å². The maximum atomic E-state index is 13.7. The van der Waals surface area contributed by atoms with E-state index in [1.165, 1.54) is 43.0 Å². The molecule has 6 rings (SSSR count). The number of hydrazone groups is 1. The van der Waals surface area contributed by atoms with Crippen molar-refractivity contribution in [2.24, 2.45) is 10.2 Å². The second kappa shape index (κ2) is 32.4. The highest BCUT2D eigenvalue weighted by molar-refractivity contribution is 6.70. The van der Waals surface area contributed by atoms with Gasteiger partial charge in [-0.05, 0) is 132 Å². The van der Waals surface area contributed by atoms with E-state index in [4.69, 9.17) is 73.5 Å². The van der Waals surface area contributed by atoms with Gasteiger partial charge in [0.05, 0.1) is 42.2 Å². The molecule has 21 heteroatoms. The largest absolute Gasteiger partial charge is 0.519 e. The lowest BCUT2D eigenvalue weighted by molar-refractivity contribution is -0.138. The number of hydrogen-bond acceptors (Lipinski definition) is 11. The van der Waals surface area contributed by atoms with Gasteiger partial charge in [-0.3, -0.25) is 24.5 Å². The molecule has 0 aromatic heterocycles. The van der Waals surface area contributed by atoms with Crippen LogP contribution in [0.3, 0.4) is 0 Å². The van der Waals surface area contributed by atoms with Crippen molar-refractivity contribution in [2.45, 2.75) is 78.6 Å². The van der Waals surface area contributed by atoms with E-state index in [0.29, 0.717) is 29.5 Å². The number of amidine groups is 1. The molecule has 0 saturated heterocycles. The number of benzene rings is 5. The zero-order valence-corrected chi connectivity index (χ0v) is 50.9. The predicted octanol–water partition coefficient (Wildman–Crippen LogP) is 14.2. The summed E-state index contributed by atoms with van der Waals surface area (Å²) in [4.78, 5) is 67.1. The highest BCUT2D eigenvalue weighted by Gasteiger charge is 2.45. The van der Waals surface area contributed by atoms with Gasteiger partial charge < -0.3 is 29.2 Å². The summed E-state index contributed by atoms with van der Waals surface area (Å²) < 4.78 is 21.2. The average molecular weight is 1200 g/mol. The molecule has 5 aromatic rings. The molecule has 0 radical (unpaired) electrons. The number of hydrogen-bond donors (Lipinski definition) is 2. The molecule has 0 spiro atoms. The van der Waals surface area contributed by atoms with E-state index >= 15 is 0 Å². The first kappa shape index (κ1) is 67.3. The Labute approximate surface area is 506 Å². The molecule has 5 aromatic carbocycles. The molecule has 1 heterocycles. The molecule has 0 saturated carbocycles. The number of amides is 3. The van der Waals surface area contributed by atoms with Crippen molar-refractivity contribution < 1.29 is 42.9 Å². The number of esters is 1. The van der Waals surface area contributed by atoms with Crippen molar-refractivity contribution >= 4 is 93.2 Å². The summed E-state index contributed by atoms with van der Waals surface area (Å²) >= 11 is 18.9. The minimum atomic E-state index is -0.756. The fraction of sp³-hybridized carbons (Fsp3) is 0.286. The predicted molar refractivity (Wildman–Crippen MR) is 331 cm³/mol. The third kappa shape index (κ3) is 19.8. The number of rotatable bonds is 19. The van der Waals surface area contributed by atoms with Crippen LogP contribution in [-0.4, -0.2) is 86.5 Å². The molecule has 0 fully saturated rings. The summed E-state index contributed by atoms with van der Waals surface area (Å²) in [6, 6.07) is 29.0. The van der Waals surface area contributed by atoms with E-state index in [-0.39, 0.29) is 66.8 Å². The summed E-state index contributed by atoms with van der Waals surface area (Å²) in [5.41, 5.74) is 3.46. The summed E-state index contributed by atoms with van der Waals surface area (Å²) in [7, 11) is 6.86. The van der Waals surface area contributed by atoms with E-state index in [2.05, 4.69) is 93.8 Å². The molecule has 18 nitrogen and oxygen atoms in total. The van der Waals surface area contributed by atoms with Crippen LogP contribution in [0.25, 0.3) is 20.6 Å². The molecular weight excluding hydrogens is 1130 g/mol. The molecule has 3 amide bonds. The molecule has 0 bridgehead atoms. The normalized spacial score (nSPS) is 11.8. The van der Waals surface area contributed by atoms with Crippen molar-refractivity contribution in [3.05, 3.63) is 205 Å². The number of carbonyl (C=O) groups excluding carboxylic acids is 4. The van der Waals surface area contributed by atoms with E-state index in [0.717, 1.165) is 41.1 Å². The lowest BCUT2D eigenvalue weighted by atomic mass is 9.76. The Morgan fingerprint density at radius 2 is 1.40 bits per heavy atom. The monoisotopic (exact) mass is 1200 g/mol. The quantitative estimate of drug-likeness (QED) is 0.0202. The second-order valence-corrected chi connectivity index (χ2v) is 20.9. The van der Waals surface area contributed by atoms with Gasteiger partial charge in [0, 0.05) is 42.0 Å². The number of anilines is 2. The van der Waals surface area contributed by atoms with Crippen LogP contribution in [0.2, 0.25) is 15.1 Å². The number of allylic oxidation sites excluding steroid dienone is 2. The Kier molecular flexibility index (Phi) is 26.0. The fourth-order valence-corrected chi connectivity index (χ4v) is 8.11. The van der Waals surface area contributed by atoms with Crippen LogP contribution < -0.4 is 29.9 Å². The van der Waals surface area contributed by atoms with Gasteiger partial charge in [-0.2, -0.15) is 14.7 Å². The smallest absolute Gasteiger partial charge is 0.497 e. The molecule has 84 heavy (non-hydrogen) atoms. The standard InChI is InChI=1S/C41H41Cl3N6O5.C14H15NO3.C8H9N3/c1-8-40(3,4)25-13-18-33(30(20-25)41(5,6)9-2)55-23-34(51)45-28-12-10-11-24(19-28)38(52)46-37-35(48-47-27-14-16-29(54-7)17-15-27)39(53)50(49-37)36-31(43)21-26(42)22-32(36)44;1-4-9-18-14(16)13(15-2)10-11-5-7-12(17-3)8-6-11;1-9-8(10-2)6-5-7-11(3)4/h10-22H,8-9,23H2,1-7H3,(H-,45,46,47,49,51,52,53);5-8,10H,4,9H2,1,3H3;5-7H,3-4H3/p+1/b;13-10-;7-5-. The number of methoxy groups -OCH3 is 2. The highest BCUT2D eigenvalue weighted by Crippen LogP contribution is 2.40. The third-order valence-electron chi connectivity index (χ3n) is 12.7. The number of carbonyl (C=O) groups is 4. The first-order valence-electron chi connectivity index (χ1n) is 26.2. The molecule has 2 N–H and O–H groups in total. The Hall–Kier alpha value is -9.21. The Balaban J connectivity index is 0.000000425. The van der Waals surface area contributed by atoms with E-state index in [1.54, 1.807) is 86.1 Å². The zero-order chi connectivity index (χ0) is 62.1. The van der Waals surface area contributed by atoms with Crippen molar-refractivity contribution in [1.82, 2.24) is 10.2 Å². The van der Waals surface area contributed by atoms with Crippen LogP contribution in [0.5, 0.6) is 17.2 Å². The zero-order valence-electron chi connectivity index (χ0n) is 48.6. The summed E-state index contributed by atoms with van der Waals surface area (Å²) in [6.45, 7) is 35.1. The molecule has 0 unspecified atom stereocenters. The average Bonchev–Trinajstić information content (AvgIpc) is 3.32. The Morgan fingerprint density at radius 1 is 0.786 bits per heavy atom. The van der Waals surface area contributed by atoms with Crippen LogP contribution in [0.1, 0.15) is 94.8 Å². The number of ether oxygens (including phenoxy) is 4. The fourth-order valence-electron chi connectivity index (χ4n) is 7.14. The van der Waals surface area contributed by atoms with Crippen molar-refractivity contribution in [2.75, 3.05) is 51.9 Å². The molecule has 0 aliphatic carbocycles. The maximum Gasteiger partial charge on any atom is 0.519 e. The topological polar surface area (TPSA) is 188 Å². The first-order chi connectivity index (χ1) is 40.0. The SMILES string of the molecule is CCC(C)(C)c1ccc(OCC(=O)Nc2cccc(C(=O)NC3=NN(c4c(Cl)cc(Cl)cc4Cl)C(=O)C3=[N+]=Nc3ccc(OC)cc3)c2)c(C(C)(C)CC)c1.[C-]#[N+]/C(=C\c1ccc(OC)cc1)C(=O)OCCC.[C-]#[N+]C(=C/C=C\N(C)C)[N+]#[C-]. The minimum Gasteiger partial charge on any atom is -0.497 e. The lowest BCUT2D eigenvalue weighted by Crippen LogP contribution is -2.38. The maximum absolute atomic E-state index is 13.7. The van der Waals surface area contributed by atoms with Crippen LogP contribution in [0, 0.1) is 19.7 Å². The Bertz CT molecular complexity index is 3470. The number of nitrogens with one attached hydrogen (secondary N) is 2. The van der Waals surface area contributed by atoms with Gasteiger partial charge >= 0.3 is 23.4 Å². The van der Waals surface area contributed by atoms with Crippen molar-refractivity contribution in [3.8, 4) is 17.2 Å². The third-order valence-corrected chi connectivity index (χ3v) is 13.4. The van der Waals surface area contributed by atoms with Gasteiger partial charge in [0.2, 0.25) is 0 Å². The number of nitrogens with zero attached hydrogens (tertiary/aromatic N) is 8. The van der Waals surface area contributed by atoms with E-state index < -0.39 is 23.7 Å². The van der Waals surface area contributed by atoms with E-state index in [1.807, 2.05) is 32.0 Å². The van der Waals surface area contributed by atoms with Gasteiger partial charge in [0.25, 0.3) is 23.3 Å². The Morgan fingerprint density at radius 3 is 1.96 bits per heavy atom. The van der Waals surface area contributed by atoms with Gasteiger partial charge in [-0.1, -0.05) is 114 Å². The second-order valence-electron chi connectivity index (χ2n) is 19.7. The first-order valence-corrected chi connectivity index (χ1v) is 27.3. The van der Waals surface area contributed by atoms with Crippen LogP contribution in [0.15, 0.2) is 143 Å². The molecule has 1 aliphatic rings. The van der Waals surface area contributed by atoms with Crippen molar-refractivity contribution in [1.29, 1.82) is 0 Å². The van der Waals surface area contributed by atoms with E-state index in [9.17, 15) is 19.2 Å². The molecule has 1 aliphatic heterocycles. The van der Waals surface area contributed by atoms with Crippen molar-refractivity contribution in [3.63, 3.8) is 0 Å².